The second-order valence-electron chi connectivity index (χ2n) is 7.82. The summed E-state index contributed by atoms with van der Waals surface area (Å²) >= 11 is 0. The van der Waals surface area contributed by atoms with Gasteiger partial charge in [0.25, 0.3) is 5.69 Å². The predicted molar refractivity (Wildman–Crippen MR) is 131 cm³/mol. The van der Waals surface area contributed by atoms with Gasteiger partial charge in [-0.05, 0) is 37.7 Å². The summed E-state index contributed by atoms with van der Waals surface area (Å²) in [5.74, 6) is 0.278. The summed E-state index contributed by atoms with van der Waals surface area (Å²) in [7, 11) is 1.56. The number of hydrogen-bond acceptors (Lipinski definition) is 8. The van der Waals surface area contributed by atoms with Gasteiger partial charge in [-0.2, -0.15) is 0 Å². The number of nitro groups is 1. The third-order valence-electron chi connectivity index (χ3n) is 5.66. The first-order chi connectivity index (χ1) is 16.9. The van der Waals surface area contributed by atoms with E-state index in [4.69, 9.17) is 13.9 Å². The molecule has 3 rings (SSSR count). The Morgan fingerprint density at radius 1 is 1.17 bits per heavy atom. The van der Waals surface area contributed by atoms with Crippen molar-refractivity contribution < 1.29 is 23.6 Å². The number of oxazole rings is 1. The quantitative estimate of drug-likeness (QED) is 0.286. The zero-order valence-electron chi connectivity index (χ0n) is 20.1. The minimum atomic E-state index is -0.623. The number of fused-ring (bicyclic) bond motifs is 1. The highest BCUT2D eigenvalue weighted by atomic mass is 16.6. The molecule has 0 aliphatic rings. The largest absolute Gasteiger partial charge is 0.493 e. The topological polar surface area (TPSA) is 129 Å². The van der Waals surface area contributed by atoms with Gasteiger partial charge in [0.1, 0.15) is 6.61 Å². The summed E-state index contributed by atoms with van der Waals surface area (Å²) in [5.41, 5.74) is 1.00. The molecule has 0 aliphatic carbocycles. The average molecular weight is 487 g/mol. The van der Waals surface area contributed by atoms with Crippen LogP contribution >= 0.6 is 0 Å². The van der Waals surface area contributed by atoms with E-state index in [1.54, 1.807) is 25.3 Å². The molecule has 1 amide bonds. The molecule has 11 nitrogen and oxygen atoms in total. The van der Waals surface area contributed by atoms with Crippen LogP contribution in [0.15, 0.2) is 45.6 Å². The van der Waals surface area contributed by atoms with Crippen molar-refractivity contribution in [3.63, 3.8) is 0 Å². The molecule has 0 saturated carbocycles. The molecule has 0 aliphatic heterocycles. The zero-order valence-corrected chi connectivity index (χ0v) is 20.1. The lowest BCUT2D eigenvalue weighted by Crippen LogP contribution is -2.28. The van der Waals surface area contributed by atoms with Gasteiger partial charge in [0.2, 0.25) is 5.91 Å². The number of amides is 1. The molecule has 0 atom stereocenters. The fourth-order valence-corrected chi connectivity index (χ4v) is 3.69. The van der Waals surface area contributed by atoms with Crippen molar-refractivity contribution in [2.45, 2.75) is 33.2 Å². The number of nitrogens with zero attached hydrogens (tertiary/aromatic N) is 3. The Kier molecular flexibility index (Phi) is 8.85. The summed E-state index contributed by atoms with van der Waals surface area (Å²) in [6.07, 6.45) is 0.539. The van der Waals surface area contributed by atoms with Crippen molar-refractivity contribution in [1.82, 2.24) is 9.47 Å². The molecule has 0 spiro atoms. The smallest absolute Gasteiger partial charge is 0.419 e. The Bertz CT molecular complexity index is 1230. The Morgan fingerprint density at radius 2 is 1.94 bits per heavy atom. The Morgan fingerprint density at radius 3 is 2.63 bits per heavy atom. The fourth-order valence-electron chi connectivity index (χ4n) is 3.69. The minimum absolute atomic E-state index is 0.139. The molecule has 188 valence electrons. The lowest BCUT2D eigenvalue weighted by Gasteiger charge is -2.19. The molecule has 3 aromatic rings. The second kappa shape index (κ2) is 12.0. The van der Waals surface area contributed by atoms with Crippen molar-refractivity contribution >= 4 is 28.4 Å². The van der Waals surface area contributed by atoms with E-state index in [0.717, 1.165) is 19.6 Å². The minimum Gasteiger partial charge on any atom is -0.493 e. The predicted octanol–water partition coefficient (Wildman–Crippen LogP) is 3.65. The van der Waals surface area contributed by atoms with Gasteiger partial charge in [0, 0.05) is 37.3 Å². The van der Waals surface area contributed by atoms with Crippen molar-refractivity contribution in [2.24, 2.45) is 0 Å². The fraction of sp³-hybridized carbons (Fsp3) is 0.417. The van der Waals surface area contributed by atoms with E-state index in [2.05, 4.69) is 24.1 Å². The molecule has 1 aromatic heterocycles. The maximum Gasteiger partial charge on any atom is 0.419 e. The van der Waals surface area contributed by atoms with Crippen molar-refractivity contribution in [2.75, 3.05) is 38.7 Å². The van der Waals surface area contributed by atoms with E-state index in [1.165, 1.54) is 22.8 Å². The first-order valence-corrected chi connectivity index (χ1v) is 11.5. The van der Waals surface area contributed by atoms with Crippen LogP contribution in [0.4, 0.5) is 11.4 Å². The molecule has 35 heavy (non-hydrogen) atoms. The number of ether oxygens (including phenoxy) is 2. The highest BCUT2D eigenvalue weighted by Gasteiger charge is 2.15. The Hall–Kier alpha value is -3.86. The second-order valence-corrected chi connectivity index (χ2v) is 7.82. The molecule has 1 heterocycles. The van der Waals surface area contributed by atoms with Gasteiger partial charge < -0.3 is 24.1 Å². The first-order valence-electron chi connectivity index (χ1n) is 11.5. The standard InChI is InChI=1S/C24H30N4O7/c1-4-26(5-2)13-14-34-22-15-17(8-11-20(22)33-3)25-23(29)7-6-12-27-19-10-9-18(28(31)32)16-21(19)35-24(27)30/h8-11,15-16H,4-7,12-14H2,1-3H3,(H,25,29). The summed E-state index contributed by atoms with van der Waals surface area (Å²) in [6, 6.07) is 9.18. The van der Waals surface area contributed by atoms with Crippen LogP contribution < -0.4 is 20.5 Å². The van der Waals surface area contributed by atoms with Gasteiger partial charge in [0.05, 0.1) is 23.6 Å². The van der Waals surface area contributed by atoms with E-state index < -0.39 is 10.7 Å². The third-order valence-corrected chi connectivity index (χ3v) is 5.66. The van der Waals surface area contributed by atoms with E-state index in [-0.39, 0.29) is 30.1 Å². The highest BCUT2D eigenvalue weighted by Crippen LogP contribution is 2.30. The maximum atomic E-state index is 12.5. The SMILES string of the molecule is CCN(CC)CCOc1cc(NC(=O)CCCn2c(=O)oc3cc([N+](=O)[O-])ccc32)ccc1OC. The number of anilines is 1. The highest BCUT2D eigenvalue weighted by molar-refractivity contribution is 5.91. The number of aryl methyl sites for hydroxylation is 1. The summed E-state index contributed by atoms with van der Waals surface area (Å²) < 4.78 is 17.7. The van der Waals surface area contributed by atoms with Gasteiger partial charge in [-0.3, -0.25) is 19.5 Å². The van der Waals surface area contributed by atoms with Gasteiger partial charge in [-0.25, -0.2) is 4.79 Å². The number of carbonyl (C=O) groups is 1. The van der Waals surface area contributed by atoms with E-state index in [9.17, 15) is 19.7 Å². The van der Waals surface area contributed by atoms with Crippen LogP contribution in [0.3, 0.4) is 0 Å². The lowest BCUT2D eigenvalue weighted by atomic mass is 10.2. The van der Waals surface area contributed by atoms with Crippen LogP contribution in [-0.4, -0.2) is 53.6 Å². The van der Waals surface area contributed by atoms with Gasteiger partial charge >= 0.3 is 5.76 Å². The number of aromatic nitrogens is 1. The van der Waals surface area contributed by atoms with Crippen LogP contribution in [0.2, 0.25) is 0 Å². The number of carbonyl (C=O) groups excluding carboxylic acids is 1. The van der Waals surface area contributed by atoms with E-state index in [1.807, 2.05) is 0 Å². The van der Waals surface area contributed by atoms with Gasteiger partial charge in [-0.15, -0.1) is 0 Å². The molecule has 0 unspecified atom stereocenters. The maximum absolute atomic E-state index is 12.5. The molecule has 0 radical (unpaired) electrons. The summed E-state index contributed by atoms with van der Waals surface area (Å²) in [6.45, 7) is 7.57. The molecule has 0 saturated heterocycles. The number of nitrogens with one attached hydrogen (secondary N) is 1. The number of non-ortho nitro benzene ring substituents is 1. The number of rotatable bonds is 13. The lowest BCUT2D eigenvalue weighted by molar-refractivity contribution is -0.384. The van der Waals surface area contributed by atoms with Crippen molar-refractivity contribution in [3.05, 3.63) is 57.1 Å². The monoisotopic (exact) mass is 486 g/mol. The molecular weight excluding hydrogens is 456 g/mol. The number of benzene rings is 2. The van der Waals surface area contributed by atoms with E-state index in [0.29, 0.717) is 35.7 Å². The number of hydrogen-bond donors (Lipinski definition) is 1. The molecule has 1 N–H and O–H groups in total. The van der Waals surface area contributed by atoms with Crippen molar-refractivity contribution in [3.8, 4) is 11.5 Å². The third kappa shape index (κ3) is 6.60. The number of methoxy groups -OCH3 is 1. The van der Waals surface area contributed by atoms with E-state index >= 15 is 0 Å². The van der Waals surface area contributed by atoms with Crippen LogP contribution in [0.5, 0.6) is 11.5 Å². The van der Waals surface area contributed by atoms with Crippen molar-refractivity contribution in [1.29, 1.82) is 0 Å². The summed E-state index contributed by atoms with van der Waals surface area (Å²) in [5, 5.41) is 13.7. The molecule has 0 bridgehead atoms. The Labute approximate surface area is 202 Å². The van der Waals surface area contributed by atoms with Gasteiger partial charge in [0.15, 0.2) is 17.1 Å². The number of likely N-dealkylation sites (N-methyl/N-ethyl adjacent to an activating group) is 1. The van der Waals surface area contributed by atoms with Crippen LogP contribution in [0.1, 0.15) is 26.7 Å². The summed E-state index contributed by atoms with van der Waals surface area (Å²) in [4.78, 5) is 37.2. The molecule has 11 heteroatoms. The Balaban J connectivity index is 1.57. The van der Waals surface area contributed by atoms with Crippen LogP contribution in [-0.2, 0) is 11.3 Å². The molecule has 0 fully saturated rings. The first kappa shape index (κ1) is 25.8. The number of nitro benzene ring substituents is 1. The average Bonchev–Trinajstić information content (AvgIpc) is 3.16. The molecular formula is C24H30N4O7. The molecule has 2 aromatic carbocycles. The van der Waals surface area contributed by atoms with Crippen LogP contribution in [0, 0.1) is 10.1 Å². The van der Waals surface area contributed by atoms with Gasteiger partial charge in [-0.1, -0.05) is 13.8 Å². The van der Waals surface area contributed by atoms with Crippen LogP contribution in [0.25, 0.3) is 11.1 Å². The zero-order chi connectivity index (χ0) is 25.4. The normalized spacial score (nSPS) is 11.1.